The zero-order valence-corrected chi connectivity index (χ0v) is 18.9. The lowest BCUT2D eigenvalue weighted by molar-refractivity contribution is -0.139. The van der Waals surface area contributed by atoms with E-state index in [1.54, 1.807) is 16.4 Å². The van der Waals surface area contributed by atoms with Crippen LogP contribution in [-0.2, 0) is 9.53 Å². The van der Waals surface area contributed by atoms with Gasteiger partial charge in [0.15, 0.2) is 0 Å². The number of esters is 1. The van der Waals surface area contributed by atoms with E-state index >= 15 is 0 Å². The van der Waals surface area contributed by atoms with Crippen LogP contribution in [0.5, 0.6) is 5.75 Å². The highest BCUT2D eigenvalue weighted by Crippen LogP contribution is 2.37. The Labute approximate surface area is 182 Å². The molecular weight excluding hydrogens is 400 g/mol. The molecule has 3 rings (SSSR count). The first kappa shape index (κ1) is 22.2. The van der Waals surface area contributed by atoms with E-state index in [1.165, 1.54) is 0 Å². The number of benzene rings is 1. The summed E-state index contributed by atoms with van der Waals surface area (Å²) in [7, 11) is 0. The topological polar surface area (TPSA) is 78.3 Å². The third-order valence-corrected chi connectivity index (χ3v) is 5.63. The van der Waals surface area contributed by atoms with E-state index in [4.69, 9.17) is 14.6 Å². The fourth-order valence-electron chi connectivity index (χ4n) is 3.29. The van der Waals surface area contributed by atoms with Crippen molar-refractivity contribution in [2.45, 2.75) is 58.2 Å². The van der Waals surface area contributed by atoms with Crippen LogP contribution in [-0.4, -0.2) is 39.7 Å². The van der Waals surface area contributed by atoms with Crippen LogP contribution >= 0.6 is 11.8 Å². The molecule has 1 N–H and O–H groups in total. The Hall–Kier alpha value is -2.48. The number of fused-ring (bicyclic) bond motifs is 1. The van der Waals surface area contributed by atoms with Gasteiger partial charge in [0.05, 0.1) is 18.8 Å². The minimum atomic E-state index is -0.431. The molecule has 2 heterocycles. The van der Waals surface area contributed by atoms with Crippen molar-refractivity contribution in [3.63, 3.8) is 0 Å². The molecular formula is C22H30N4O3S. The number of aromatic nitrogens is 3. The van der Waals surface area contributed by atoms with Crippen molar-refractivity contribution in [2.75, 3.05) is 24.3 Å². The largest absolute Gasteiger partial charge is 0.494 e. The van der Waals surface area contributed by atoms with E-state index in [-0.39, 0.29) is 5.97 Å². The first-order valence-corrected chi connectivity index (χ1v) is 11.5. The molecule has 1 aromatic heterocycles. The van der Waals surface area contributed by atoms with Crippen molar-refractivity contribution in [1.29, 1.82) is 0 Å². The summed E-state index contributed by atoms with van der Waals surface area (Å²) in [6.45, 7) is 8.92. The lowest BCUT2D eigenvalue weighted by Gasteiger charge is -2.28. The molecule has 1 atom stereocenters. The molecule has 0 saturated carbocycles. The number of nitrogens with zero attached hydrogens (tertiary/aromatic N) is 3. The van der Waals surface area contributed by atoms with Crippen molar-refractivity contribution in [1.82, 2.24) is 14.8 Å². The molecule has 7 nitrogen and oxygen atoms in total. The number of unbranched alkanes of at least 4 members (excludes halogenated alkanes) is 1. The first-order valence-electron chi connectivity index (χ1n) is 10.6. The van der Waals surface area contributed by atoms with Crippen molar-refractivity contribution in [3.05, 3.63) is 41.1 Å². The highest BCUT2D eigenvalue weighted by atomic mass is 32.2. The summed E-state index contributed by atoms with van der Waals surface area (Å²) in [6, 6.07) is 7.34. The number of anilines is 1. The van der Waals surface area contributed by atoms with Crippen LogP contribution in [0.15, 0.2) is 40.7 Å². The molecule has 0 amide bonds. The van der Waals surface area contributed by atoms with Crippen molar-refractivity contribution in [2.24, 2.45) is 0 Å². The summed E-state index contributed by atoms with van der Waals surface area (Å²) in [4.78, 5) is 17.6. The molecule has 2 aromatic rings. The Kier molecular flexibility index (Phi) is 7.79. The van der Waals surface area contributed by atoms with Gasteiger partial charge in [0.2, 0.25) is 11.1 Å². The number of ether oxygens (including phenoxy) is 2. The molecule has 0 aliphatic carbocycles. The number of rotatable bonds is 10. The minimum Gasteiger partial charge on any atom is -0.494 e. The van der Waals surface area contributed by atoms with Gasteiger partial charge in [0, 0.05) is 11.4 Å². The van der Waals surface area contributed by atoms with E-state index in [9.17, 15) is 4.79 Å². The lowest BCUT2D eigenvalue weighted by Crippen LogP contribution is -2.29. The van der Waals surface area contributed by atoms with Crippen LogP contribution in [0.2, 0.25) is 0 Å². The normalized spacial score (nSPS) is 15.5. The van der Waals surface area contributed by atoms with E-state index in [2.05, 4.69) is 17.2 Å². The van der Waals surface area contributed by atoms with Crippen molar-refractivity contribution in [3.8, 4) is 5.75 Å². The van der Waals surface area contributed by atoms with E-state index in [0.717, 1.165) is 42.0 Å². The predicted molar refractivity (Wildman–Crippen MR) is 119 cm³/mol. The molecule has 8 heteroatoms. The number of hydrogen-bond acceptors (Lipinski definition) is 7. The number of carbonyl (C=O) groups excluding carboxylic acids is 1. The van der Waals surface area contributed by atoms with Gasteiger partial charge >= 0.3 is 5.97 Å². The van der Waals surface area contributed by atoms with Crippen LogP contribution in [0.25, 0.3) is 0 Å². The van der Waals surface area contributed by atoms with Gasteiger partial charge in [-0.15, -0.1) is 5.10 Å². The van der Waals surface area contributed by atoms with Crippen LogP contribution in [0, 0.1) is 0 Å². The maximum atomic E-state index is 13.0. The molecule has 162 valence electrons. The third-order valence-electron chi connectivity index (χ3n) is 4.70. The average molecular weight is 431 g/mol. The van der Waals surface area contributed by atoms with Crippen LogP contribution in [0.1, 0.15) is 58.6 Å². The zero-order chi connectivity index (χ0) is 21.5. The fraction of sp³-hybridized carbons (Fsp3) is 0.500. The highest BCUT2D eigenvalue weighted by molar-refractivity contribution is 7.99. The van der Waals surface area contributed by atoms with Gasteiger partial charge in [0.1, 0.15) is 11.8 Å². The number of thioether (sulfide) groups is 1. The summed E-state index contributed by atoms with van der Waals surface area (Å²) < 4.78 is 13.0. The molecule has 0 bridgehead atoms. The maximum absolute atomic E-state index is 13.0. The molecule has 30 heavy (non-hydrogen) atoms. The summed E-state index contributed by atoms with van der Waals surface area (Å²) in [6.07, 6.45) is 3.00. The van der Waals surface area contributed by atoms with E-state index in [0.29, 0.717) is 29.9 Å². The Balaban J connectivity index is 2.02. The standard InChI is InChI=1S/C22H30N4O3S/c1-5-8-13-30-22-24-21-23-15(4)18(20(27)29-12-6-2)19(26(21)25-22)16-10-9-11-17(14-16)28-7-3/h9-11,14,19H,5-8,12-13H2,1-4H3,(H,23,24,25). The second-order valence-electron chi connectivity index (χ2n) is 7.07. The molecule has 1 aromatic carbocycles. The molecule has 0 spiro atoms. The van der Waals surface area contributed by atoms with Crippen LogP contribution in [0.4, 0.5) is 5.95 Å². The number of hydrogen-bond donors (Lipinski definition) is 1. The van der Waals surface area contributed by atoms with Crippen LogP contribution in [0.3, 0.4) is 0 Å². The van der Waals surface area contributed by atoms with Gasteiger partial charge in [-0.2, -0.15) is 4.98 Å². The van der Waals surface area contributed by atoms with E-state index in [1.807, 2.05) is 45.0 Å². The maximum Gasteiger partial charge on any atom is 0.338 e. The monoisotopic (exact) mass is 430 g/mol. The molecule has 1 aliphatic heterocycles. The Morgan fingerprint density at radius 2 is 2.10 bits per heavy atom. The number of allylic oxidation sites excluding steroid dienone is 1. The second kappa shape index (κ2) is 10.5. The Bertz CT molecular complexity index is 910. The summed E-state index contributed by atoms with van der Waals surface area (Å²) in [5.41, 5.74) is 2.18. The molecule has 0 saturated heterocycles. The summed E-state index contributed by atoms with van der Waals surface area (Å²) in [5.74, 6) is 2.01. The lowest BCUT2D eigenvalue weighted by atomic mass is 9.95. The van der Waals surface area contributed by atoms with Gasteiger partial charge in [0.25, 0.3) is 0 Å². The Morgan fingerprint density at radius 3 is 2.83 bits per heavy atom. The SMILES string of the molecule is CCCCSc1nc2n(n1)C(c1cccc(OCC)c1)C(C(=O)OCCC)=C(C)N2. The highest BCUT2D eigenvalue weighted by Gasteiger charge is 2.35. The predicted octanol–water partition coefficient (Wildman–Crippen LogP) is 4.81. The molecule has 1 unspecified atom stereocenters. The van der Waals surface area contributed by atoms with Gasteiger partial charge < -0.3 is 14.8 Å². The third kappa shape index (κ3) is 4.98. The summed E-state index contributed by atoms with van der Waals surface area (Å²) in [5, 5.41) is 8.67. The molecule has 1 aliphatic rings. The molecule has 0 radical (unpaired) electrons. The summed E-state index contributed by atoms with van der Waals surface area (Å²) >= 11 is 1.63. The number of carbonyl (C=O) groups is 1. The van der Waals surface area contributed by atoms with Gasteiger partial charge in [-0.1, -0.05) is 44.2 Å². The van der Waals surface area contributed by atoms with Crippen molar-refractivity contribution < 1.29 is 14.3 Å². The van der Waals surface area contributed by atoms with E-state index < -0.39 is 6.04 Å². The molecule has 0 fully saturated rings. The Morgan fingerprint density at radius 1 is 1.27 bits per heavy atom. The smallest absolute Gasteiger partial charge is 0.338 e. The second-order valence-corrected chi connectivity index (χ2v) is 8.13. The van der Waals surface area contributed by atoms with Gasteiger partial charge in [-0.05, 0) is 44.4 Å². The number of nitrogens with one attached hydrogen (secondary N) is 1. The first-order chi connectivity index (χ1) is 14.6. The zero-order valence-electron chi connectivity index (χ0n) is 18.1. The van der Waals surface area contributed by atoms with Crippen LogP contribution < -0.4 is 10.1 Å². The van der Waals surface area contributed by atoms with Crippen molar-refractivity contribution >= 4 is 23.7 Å². The average Bonchev–Trinajstić information content (AvgIpc) is 3.13. The van der Waals surface area contributed by atoms with Gasteiger partial charge in [-0.3, -0.25) is 0 Å². The minimum absolute atomic E-state index is 0.338. The van der Waals surface area contributed by atoms with Gasteiger partial charge in [-0.25, -0.2) is 9.48 Å². The quantitative estimate of drug-likeness (QED) is 0.329. The fourth-order valence-corrected chi connectivity index (χ4v) is 4.20.